The number of hydrogen-bond donors (Lipinski definition) is 1. The Morgan fingerprint density at radius 2 is 2.19 bits per heavy atom. The summed E-state index contributed by atoms with van der Waals surface area (Å²) in [4.78, 5) is 12.6. The first-order valence-corrected chi connectivity index (χ1v) is 7.64. The van der Waals surface area contributed by atoms with Crippen LogP contribution in [0.5, 0.6) is 0 Å². The molecule has 1 N–H and O–H groups in total. The molecule has 0 fully saturated rings. The number of carbonyl (C=O) groups excluding carboxylic acids is 1. The second-order valence-electron chi connectivity index (χ2n) is 5.62. The Morgan fingerprint density at radius 3 is 2.95 bits per heavy atom. The first-order valence-electron chi connectivity index (χ1n) is 7.64. The fraction of sp³-hybridized carbons (Fsp3) is 0.412. The van der Waals surface area contributed by atoms with Crippen molar-refractivity contribution in [3.8, 4) is 0 Å². The number of rotatable bonds is 4. The molecule has 110 valence electrons. The largest absolute Gasteiger partial charge is 0.352 e. The fourth-order valence-corrected chi connectivity index (χ4v) is 3.05. The van der Waals surface area contributed by atoms with Gasteiger partial charge >= 0.3 is 0 Å². The van der Waals surface area contributed by atoms with E-state index in [1.807, 2.05) is 47.3 Å². The van der Waals surface area contributed by atoms with Crippen molar-refractivity contribution >= 4 is 5.91 Å². The van der Waals surface area contributed by atoms with Crippen molar-refractivity contribution in [1.82, 2.24) is 15.1 Å². The predicted octanol–water partition coefficient (Wildman–Crippen LogP) is 2.51. The molecule has 0 bridgehead atoms. The summed E-state index contributed by atoms with van der Waals surface area (Å²) in [5.41, 5.74) is 2.30. The van der Waals surface area contributed by atoms with Gasteiger partial charge in [-0.2, -0.15) is 5.10 Å². The molecule has 1 aliphatic heterocycles. The lowest BCUT2D eigenvalue weighted by Gasteiger charge is -2.26. The van der Waals surface area contributed by atoms with E-state index in [1.54, 1.807) is 0 Å². The van der Waals surface area contributed by atoms with E-state index in [0.29, 0.717) is 0 Å². The maximum Gasteiger partial charge on any atom is 0.227 e. The second-order valence-corrected chi connectivity index (χ2v) is 5.62. The van der Waals surface area contributed by atoms with Gasteiger partial charge in [-0.15, -0.1) is 0 Å². The Bertz CT molecular complexity index is 606. The molecule has 2 atom stereocenters. The minimum atomic E-state index is -0.0574. The monoisotopic (exact) mass is 283 g/mol. The number of nitrogens with zero attached hydrogens (tertiary/aromatic N) is 2. The van der Waals surface area contributed by atoms with Crippen molar-refractivity contribution in [2.24, 2.45) is 0 Å². The van der Waals surface area contributed by atoms with E-state index in [2.05, 4.69) is 17.3 Å². The van der Waals surface area contributed by atoms with Crippen LogP contribution in [0, 0.1) is 0 Å². The summed E-state index contributed by atoms with van der Waals surface area (Å²) in [6, 6.07) is 12.3. The number of benzene rings is 1. The summed E-state index contributed by atoms with van der Waals surface area (Å²) < 4.78 is 2.02. The number of aromatic nitrogens is 2. The van der Waals surface area contributed by atoms with Crippen LogP contribution in [0.4, 0.5) is 0 Å². The molecule has 1 aliphatic rings. The average Bonchev–Trinajstić information content (AvgIpc) is 2.96. The number of carbonyl (C=O) groups is 1. The lowest BCUT2D eigenvalue weighted by molar-refractivity contribution is -0.123. The average molecular weight is 283 g/mol. The van der Waals surface area contributed by atoms with E-state index in [-0.39, 0.29) is 17.9 Å². The third kappa shape index (κ3) is 2.99. The first kappa shape index (κ1) is 13.9. The van der Waals surface area contributed by atoms with E-state index in [1.165, 1.54) is 5.69 Å². The van der Waals surface area contributed by atoms with Gasteiger partial charge in [0.15, 0.2) is 0 Å². The van der Waals surface area contributed by atoms with Crippen LogP contribution in [0.15, 0.2) is 42.6 Å². The molecule has 21 heavy (non-hydrogen) atoms. The highest BCUT2D eigenvalue weighted by molar-refractivity contribution is 5.83. The number of nitrogens with one attached hydrogen (secondary N) is 1. The first-order chi connectivity index (χ1) is 10.3. The van der Waals surface area contributed by atoms with Crippen molar-refractivity contribution in [3.63, 3.8) is 0 Å². The van der Waals surface area contributed by atoms with Gasteiger partial charge in [0.1, 0.15) is 0 Å². The number of amides is 1. The molecular weight excluding hydrogens is 262 g/mol. The Balaban J connectivity index is 1.66. The Labute approximate surface area is 125 Å². The van der Waals surface area contributed by atoms with E-state index in [4.69, 9.17) is 0 Å². The molecule has 2 heterocycles. The van der Waals surface area contributed by atoms with Crippen molar-refractivity contribution in [3.05, 3.63) is 53.9 Å². The Morgan fingerprint density at radius 1 is 1.38 bits per heavy atom. The molecule has 2 aromatic rings. The third-order valence-electron chi connectivity index (χ3n) is 4.22. The van der Waals surface area contributed by atoms with Crippen molar-refractivity contribution < 1.29 is 4.79 Å². The summed E-state index contributed by atoms with van der Waals surface area (Å²) in [7, 11) is 0. The van der Waals surface area contributed by atoms with Gasteiger partial charge in [0, 0.05) is 30.9 Å². The zero-order chi connectivity index (χ0) is 14.7. The lowest BCUT2D eigenvalue weighted by atomic mass is 9.94. The summed E-state index contributed by atoms with van der Waals surface area (Å²) >= 11 is 0. The van der Waals surface area contributed by atoms with Gasteiger partial charge in [0.25, 0.3) is 0 Å². The highest BCUT2D eigenvalue weighted by Crippen LogP contribution is 2.21. The highest BCUT2D eigenvalue weighted by atomic mass is 16.1. The van der Waals surface area contributed by atoms with Crippen LogP contribution in [-0.2, 0) is 17.8 Å². The Kier molecular flexibility index (Phi) is 4.04. The normalized spacial score (nSPS) is 18.8. The van der Waals surface area contributed by atoms with Crippen molar-refractivity contribution in [2.45, 2.75) is 44.7 Å². The van der Waals surface area contributed by atoms with Crippen LogP contribution in [0.3, 0.4) is 0 Å². The standard InChI is InChI=1S/C17H21N3O/c1-2-16(13-6-4-3-5-7-13)17(21)19-14-9-11-20-15(12-14)8-10-18-20/h3-8,10,14,16H,2,9,11-12H2,1H3,(H,19,21)/t14-,16-/m1/s1. The summed E-state index contributed by atoms with van der Waals surface area (Å²) in [6.07, 6.45) is 4.47. The van der Waals surface area contributed by atoms with Gasteiger partial charge in [0.05, 0.1) is 5.92 Å². The topological polar surface area (TPSA) is 46.9 Å². The second kappa shape index (κ2) is 6.12. The van der Waals surface area contributed by atoms with Gasteiger partial charge in [-0.1, -0.05) is 37.3 Å². The van der Waals surface area contributed by atoms with E-state index >= 15 is 0 Å². The van der Waals surface area contributed by atoms with E-state index in [9.17, 15) is 4.79 Å². The molecule has 0 aliphatic carbocycles. The highest BCUT2D eigenvalue weighted by Gasteiger charge is 2.24. The molecule has 4 heteroatoms. The molecule has 0 saturated carbocycles. The van der Waals surface area contributed by atoms with Gasteiger partial charge < -0.3 is 5.32 Å². The third-order valence-corrected chi connectivity index (χ3v) is 4.22. The molecule has 3 rings (SSSR count). The van der Waals surface area contributed by atoms with Crippen LogP contribution < -0.4 is 5.32 Å². The number of aryl methyl sites for hydroxylation is 1. The van der Waals surface area contributed by atoms with Gasteiger partial charge in [0.2, 0.25) is 5.91 Å². The summed E-state index contributed by atoms with van der Waals surface area (Å²) in [6.45, 7) is 2.95. The zero-order valence-corrected chi connectivity index (χ0v) is 12.3. The quantitative estimate of drug-likeness (QED) is 0.937. The van der Waals surface area contributed by atoms with E-state index in [0.717, 1.165) is 31.4 Å². The number of fused-ring (bicyclic) bond motifs is 1. The van der Waals surface area contributed by atoms with Crippen LogP contribution in [0.2, 0.25) is 0 Å². The van der Waals surface area contributed by atoms with Crippen molar-refractivity contribution in [2.75, 3.05) is 0 Å². The maximum atomic E-state index is 12.6. The minimum Gasteiger partial charge on any atom is -0.352 e. The van der Waals surface area contributed by atoms with Gasteiger partial charge in [-0.3, -0.25) is 9.48 Å². The SMILES string of the molecule is CC[C@@H](C(=O)N[C@@H]1CCn2nccc2C1)c1ccccc1. The maximum absolute atomic E-state index is 12.6. The molecule has 1 amide bonds. The molecule has 0 spiro atoms. The van der Waals surface area contributed by atoms with Gasteiger partial charge in [-0.05, 0) is 24.5 Å². The van der Waals surface area contributed by atoms with Crippen LogP contribution in [0.1, 0.15) is 36.9 Å². The smallest absolute Gasteiger partial charge is 0.227 e. The molecule has 4 nitrogen and oxygen atoms in total. The van der Waals surface area contributed by atoms with Crippen molar-refractivity contribution in [1.29, 1.82) is 0 Å². The van der Waals surface area contributed by atoms with E-state index < -0.39 is 0 Å². The molecule has 0 saturated heterocycles. The Hall–Kier alpha value is -2.10. The fourth-order valence-electron chi connectivity index (χ4n) is 3.05. The molecule has 1 aromatic carbocycles. The van der Waals surface area contributed by atoms with Crippen LogP contribution in [-0.4, -0.2) is 21.7 Å². The molecular formula is C17H21N3O. The molecule has 0 unspecified atom stereocenters. The molecule has 1 aromatic heterocycles. The predicted molar refractivity (Wildman–Crippen MR) is 82.0 cm³/mol. The minimum absolute atomic E-state index is 0.0574. The zero-order valence-electron chi connectivity index (χ0n) is 12.3. The van der Waals surface area contributed by atoms with Crippen LogP contribution in [0.25, 0.3) is 0 Å². The summed E-state index contributed by atoms with van der Waals surface area (Å²) in [5, 5.41) is 7.49. The van der Waals surface area contributed by atoms with Gasteiger partial charge in [-0.25, -0.2) is 0 Å². The summed E-state index contributed by atoms with van der Waals surface area (Å²) in [5.74, 6) is 0.0831. The lowest BCUT2D eigenvalue weighted by Crippen LogP contribution is -2.42. The molecule has 0 radical (unpaired) electrons. The van der Waals surface area contributed by atoms with Crippen LogP contribution >= 0.6 is 0 Å². The number of hydrogen-bond acceptors (Lipinski definition) is 2.